The molecule has 0 spiro atoms. The lowest BCUT2D eigenvalue weighted by atomic mass is 10.1. The van der Waals surface area contributed by atoms with Gasteiger partial charge >= 0.3 is 18.0 Å². The Morgan fingerprint density at radius 1 is 1.35 bits per heavy atom. The molecule has 2 amide bonds. The number of nitrogens with one attached hydrogen (secondary N) is 1. The molecule has 0 aliphatic heterocycles. The van der Waals surface area contributed by atoms with Gasteiger partial charge in [-0.1, -0.05) is 5.92 Å². The van der Waals surface area contributed by atoms with Crippen LogP contribution < -0.4 is 5.32 Å². The summed E-state index contributed by atoms with van der Waals surface area (Å²) >= 11 is 0. The van der Waals surface area contributed by atoms with Gasteiger partial charge in [-0.3, -0.25) is 4.79 Å². The molecule has 3 N–H and O–H groups in total. The number of hydrogen-bond acceptors (Lipinski definition) is 3. The highest BCUT2D eigenvalue weighted by Gasteiger charge is 2.28. The first-order chi connectivity index (χ1) is 9.43. The zero-order chi connectivity index (χ0) is 15.1. The van der Waals surface area contributed by atoms with Gasteiger partial charge in [-0.05, 0) is 25.2 Å². The molecule has 0 aromatic rings. The molecule has 7 heteroatoms. The predicted octanol–water partition coefficient (Wildman–Crippen LogP) is 0.359. The summed E-state index contributed by atoms with van der Waals surface area (Å²) in [5, 5.41) is 19.8. The van der Waals surface area contributed by atoms with E-state index in [0.29, 0.717) is 12.5 Å². The molecule has 1 atom stereocenters. The van der Waals surface area contributed by atoms with E-state index < -0.39 is 24.0 Å². The van der Waals surface area contributed by atoms with Crippen molar-refractivity contribution < 1.29 is 24.6 Å². The fraction of sp³-hybridized carbons (Fsp3) is 0.615. The highest BCUT2D eigenvalue weighted by atomic mass is 16.4. The minimum Gasteiger partial charge on any atom is -0.481 e. The first-order valence-corrected chi connectivity index (χ1v) is 6.37. The van der Waals surface area contributed by atoms with Gasteiger partial charge in [0.25, 0.3) is 0 Å². The Bertz CT molecular complexity index is 425. The Balaban J connectivity index is 2.54. The van der Waals surface area contributed by atoms with Crippen molar-refractivity contribution in [1.29, 1.82) is 0 Å². The average Bonchev–Trinajstić information content (AvgIpc) is 3.17. The number of nitrogens with zero attached hydrogens (tertiary/aromatic N) is 1. The minimum absolute atomic E-state index is 0.105. The third kappa shape index (κ3) is 5.61. The summed E-state index contributed by atoms with van der Waals surface area (Å²) in [6, 6.07) is -1.79. The van der Waals surface area contributed by atoms with Crippen molar-refractivity contribution in [2.75, 3.05) is 13.1 Å². The zero-order valence-corrected chi connectivity index (χ0v) is 11.0. The molecule has 110 valence electrons. The third-order valence-electron chi connectivity index (χ3n) is 2.99. The van der Waals surface area contributed by atoms with Crippen LogP contribution in [0.1, 0.15) is 25.7 Å². The summed E-state index contributed by atoms with van der Waals surface area (Å²) in [5.41, 5.74) is 0. The molecule has 1 aliphatic carbocycles. The summed E-state index contributed by atoms with van der Waals surface area (Å²) in [6.07, 6.45) is 6.77. The monoisotopic (exact) mass is 282 g/mol. The van der Waals surface area contributed by atoms with E-state index in [2.05, 4.69) is 11.2 Å². The highest BCUT2D eigenvalue weighted by molar-refractivity contribution is 5.83. The van der Waals surface area contributed by atoms with Crippen molar-refractivity contribution >= 4 is 18.0 Å². The molecule has 1 fully saturated rings. The molecule has 0 aromatic heterocycles. The number of hydrogen-bond donors (Lipinski definition) is 3. The van der Waals surface area contributed by atoms with Gasteiger partial charge < -0.3 is 20.4 Å². The number of carboxylic acid groups (broad SMARTS) is 2. The van der Waals surface area contributed by atoms with Crippen LogP contribution in [-0.2, 0) is 9.59 Å². The van der Waals surface area contributed by atoms with Gasteiger partial charge in [-0.25, -0.2) is 9.59 Å². The molecule has 0 heterocycles. The standard InChI is InChI=1S/C13H18N2O5/c1-2-7-15(8-9-3-4-9)13(20)14-10(12(18)19)5-6-11(16)17/h1,9-10H,3-8H2,(H,14,20)(H,16,17)(H,18,19). The average molecular weight is 282 g/mol. The van der Waals surface area contributed by atoms with Crippen LogP contribution in [0.25, 0.3) is 0 Å². The Hall–Kier alpha value is -2.23. The van der Waals surface area contributed by atoms with E-state index >= 15 is 0 Å². The molecule has 1 rings (SSSR count). The molecule has 20 heavy (non-hydrogen) atoms. The maximum Gasteiger partial charge on any atom is 0.326 e. The largest absolute Gasteiger partial charge is 0.481 e. The topological polar surface area (TPSA) is 107 Å². The SMILES string of the molecule is C#CCN(CC1CC1)C(=O)NC(CCC(=O)O)C(=O)O. The number of carbonyl (C=O) groups is 3. The van der Waals surface area contributed by atoms with Gasteiger partial charge in [0.05, 0.1) is 6.54 Å². The number of aliphatic carboxylic acids is 2. The van der Waals surface area contributed by atoms with Crippen molar-refractivity contribution in [3.8, 4) is 12.3 Å². The van der Waals surface area contributed by atoms with Crippen molar-refractivity contribution in [3.63, 3.8) is 0 Å². The van der Waals surface area contributed by atoms with E-state index in [0.717, 1.165) is 12.8 Å². The summed E-state index contributed by atoms with van der Waals surface area (Å²) in [6.45, 7) is 0.606. The molecule has 0 saturated heterocycles. The maximum atomic E-state index is 12.0. The number of amides is 2. The number of terminal acetylenes is 1. The Kier molecular flexibility index (Phi) is 5.84. The second-order valence-corrected chi connectivity index (χ2v) is 4.80. The van der Waals surface area contributed by atoms with Crippen LogP contribution in [0.3, 0.4) is 0 Å². The van der Waals surface area contributed by atoms with Crippen LogP contribution in [0, 0.1) is 18.3 Å². The van der Waals surface area contributed by atoms with E-state index in [4.69, 9.17) is 16.6 Å². The first kappa shape index (κ1) is 15.8. The van der Waals surface area contributed by atoms with E-state index in [-0.39, 0.29) is 19.4 Å². The van der Waals surface area contributed by atoms with Crippen molar-refractivity contribution in [2.45, 2.75) is 31.7 Å². The molecule has 1 saturated carbocycles. The van der Waals surface area contributed by atoms with E-state index in [1.54, 1.807) is 0 Å². The highest BCUT2D eigenvalue weighted by Crippen LogP contribution is 2.29. The fourth-order valence-corrected chi connectivity index (χ4v) is 1.71. The van der Waals surface area contributed by atoms with Crippen LogP contribution in [0.2, 0.25) is 0 Å². The van der Waals surface area contributed by atoms with Crippen LogP contribution in [0.15, 0.2) is 0 Å². The second kappa shape index (κ2) is 7.38. The Morgan fingerprint density at radius 3 is 2.45 bits per heavy atom. The zero-order valence-electron chi connectivity index (χ0n) is 11.0. The summed E-state index contributed by atoms with van der Waals surface area (Å²) in [7, 11) is 0. The van der Waals surface area contributed by atoms with Crippen LogP contribution in [0.4, 0.5) is 4.79 Å². The molecule has 1 aliphatic rings. The van der Waals surface area contributed by atoms with Crippen molar-refractivity contribution in [2.24, 2.45) is 5.92 Å². The fourth-order valence-electron chi connectivity index (χ4n) is 1.71. The van der Waals surface area contributed by atoms with Gasteiger partial charge in [0.15, 0.2) is 0 Å². The molecular formula is C13H18N2O5. The van der Waals surface area contributed by atoms with Gasteiger partial charge in [0, 0.05) is 13.0 Å². The molecule has 0 bridgehead atoms. The van der Waals surface area contributed by atoms with Gasteiger partial charge in [-0.15, -0.1) is 6.42 Å². The summed E-state index contributed by atoms with van der Waals surface area (Å²) in [5.74, 6) is 0.420. The number of rotatable bonds is 8. The molecular weight excluding hydrogens is 264 g/mol. The lowest BCUT2D eigenvalue weighted by Gasteiger charge is -2.23. The number of urea groups is 1. The Labute approximate surface area is 116 Å². The normalized spacial score (nSPS) is 14.9. The van der Waals surface area contributed by atoms with E-state index in [9.17, 15) is 14.4 Å². The first-order valence-electron chi connectivity index (χ1n) is 6.37. The van der Waals surface area contributed by atoms with Crippen LogP contribution in [-0.4, -0.2) is 52.2 Å². The number of carboxylic acids is 2. The van der Waals surface area contributed by atoms with Crippen LogP contribution >= 0.6 is 0 Å². The minimum atomic E-state index is -1.26. The van der Waals surface area contributed by atoms with E-state index in [1.807, 2.05) is 0 Å². The lowest BCUT2D eigenvalue weighted by Crippen LogP contribution is -2.48. The van der Waals surface area contributed by atoms with Gasteiger partial charge in [0.1, 0.15) is 6.04 Å². The smallest absolute Gasteiger partial charge is 0.326 e. The quantitative estimate of drug-likeness (QED) is 0.557. The predicted molar refractivity (Wildman–Crippen MR) is 70.0 cm³/mol. The summed E-state index contributed by atoms with van der Waals surface area (Å²) < 4.78 is 0. The van der Waals surface area contributed by atoms with Gasteiger partial charge in [0.2, 0.25) is 0 Å². The molecule has 1 unspecified atom stereocenters. The molecule has 0 radical (unpaired) electrons. The van der Waals surface area contributed by atoms with Crippen LogP contribution in [0.5, 0.6) is 0 Å². The number of carbonyl (C=O) groups excluding carboxylic acids is 1. The second-order valence-electron chi connectivity index (χ2n) is 4.80. The maximum absolute atomic E-state index is 12.0. The van der Waals surface area contributed by atoms with Gasteiger partial charge in [-0.2, -0.15) is 0 Å². The summed E-state index contributed by atoms with van der Waals surface area (Å²) in [4.78, 5) is 34.8. The molecule has 0 aromatic carbocycles. The molecule has 7 nitrogen and oxygen atoms in total. The van der Waals surface area contributed by atoms with Crippen molar-refractivity contribution in [1.82, 2.24) is 10.2 Å². The van der Waals surface area contributed by atoms with E-state index in [1.165, 1.54) is 4.90 Å². The third-order valence-corrected chi connectivity index (χ3v) is 2.99. The van der Waals surface area contributed by atoms with Crippen molar-refractivity contribution in [3.05, 3.63) is 0 Å². The lowest BCUT2D eigenvalue weighted by molar-refractivity contribution is -0.140. The Morgan fingerprint density at radius 2 is 2.00 bits per heavy atom.